The lowest BCUT2D eigenvalue weighted by molar-refractivity contribution is 0.265. The molecule has 1 aliphatic heterocycles. The van der Waals surface area contributed by atoms with Gasteiger partial charge in [-0.05, 0) is 99.7 Å². The molecular weight excluding hydrogens is 428 g/mol. The SMILES string of the molecule is CCCCCN(CCC)c1cccc2c1CC(CN(C)CCCC1CCc3cccnc3C1)NC2. The zero-order chi connectivity index (χ0) is 24.5. The van der Waals surface area contributed by atoms with Crippen LogP contribution < -0.4 is 10.2 Å². The van der Waals surface area contributed by atoms with E-state index in [0.717, 1.165) is 25.4 Å². The molecule has 4 heteroatoms. The molecule has 4 nitrogen and oxygen atoms in total. The van der Waals surface area contributed by atoms with Crippen molar-refractivity contribution in [1.29, 1.82) is 0 Å². The average Bonchev–Trinajstić information content (AvgIpc) is 2.88. The lowest BCUT2D eigenvalue weighted by atomic mass is 9.84. The van der Waals surface area contributed by atoms with Crippen LogP contribution in [-0.2, 0) is 25.8 Å². The summed E-state index contributed by atoms with van der Waals surface area (Å²) in [6.07, 6.45) is 14.6. The van der Waals surface area contributed by atoms with Gasteiger partial charge < -0.3 is 15.1 Å². The minimum atomic E-state index is 0.540. The van der Waals surface area contributed by atoms with Crippen molar-refractivity contribution >= 4 is 5.69 Å². The molecule has 1 aromatic carbocycles. The number of fused-ring (bicyclic) bond motifs is 2. The second-order valence-electron chi connectivity index (χ2n) is 11.0. The van der Waals surface area contributed by atoms with E-state index in [-0.39, 0.29) is 0 Å². The highest BCUT2D eigenvalue weighted by Crippen LogP contribution is 2.30. The number of aryl methyl sites for hydroxylation is 1. The molecule has 2 aromatic rings. The molecule has 4 rings (SSSR count). The predicted molar refractivity (Wildman–Crippen MR) is 149 cm³/mol. The Morgan fingerprint density at radius 3 is 2.69 bits per heavy atom. The van der Waals surface area contributed by atoms with Crippen LogP contribution in [0, 0.1) is 5.92 Å². The molecule has 2 aliphatic rings. The van der Waals surface area contributed by atoms with Gasteiger partial charge in [0.15, 0.2) is 0 Å². The Balaban J connectivity index is 1.27. The van der Waals surface area contributed by atoms with Crippen molar-refractivity contribution in [3.63, 3.8) is 0 Å². The number of nitrogens with one attached hydrogen (secondary N) is 1. The predicted octanol–water partition coefficient (Wildman–Crippen LogP) is 6.02. The maximum Gasteiger partial charge on any atom is 0.0438 e. The Morgan fingerprint density at radius 2 is 1.83 bits per heavy atom. The summed E-state index contributed by atoms with van der Waals surface area (Å²) in [7, 11) is 2.31. The van der Waals surface area contributed by atoms with Gasteiger partial charge >= 0.3 is 0 Å². The molecule has 2 atom stereocenters. The molecule has 0 saturated heterocycles. The summed E-state index contributed by atoms with van der Waals surface area (Å²) < 4.78 is 0. The zero-order valence-corrected chi connectivity index (χ0v) is 22.6. The van der Waals surface area contributed by atoms with Gasteiger partial charge in [-0.2, -0.15) is 0 Å². The topological polar surface area (TPSA) is 31.4 Å². The monoisotopic (exact) mass is 476 g/mol. The van der Waals surface area contributed by atoms with Crippen molar-refractivity contribution in [2.75, 3.05) is 38.1 Å². The summed E-state index contributed by atoms with van der Waals surface area (Å²) in [6, 6.07) is 11.9. The van der Waals surface area contributed by atoms with E-state index < -0.39 is 0 Å². The highest BCUT2D eigenvalue weighted by molar-refractivity contribution is 5.58. The summed E-state index contributed by atoms with van der Waals surface area (Å²) in [5.41, 5.74) is 7.43. The molecule has 35 heavy (non-hydrogen) atoms. The van der Waals surface area contributed by atoms with E-state index in [1.807, 2.05) is 6.20 Å². The number of benzene rings is 1. The van der Waals surface area contributed by atoms with Gasteiger partial charge in [0.2, 0.25) is 0 Å². The van der Waals surface area contributed by atoms with Crippen LogP contribution in [0.25, 0.3) is 0 Å². The minimum Gasteiger partial charge on any atom is -0.371 e. The smallest absolute Gasteiger partial charge is 0.0438 e. The Hall–Kier alpha value is -1.91. The van der Waals surface area contributed by atoms with Crippen molar-refractivity contribution < 1.29 is 0 Å². The summed E-state index contributed by atoms with van der Waals surface area (Å²) in [5.74, 6) is 0.810. The first-order valence-electron chi connectivity index (χ1n) is 14.4. The Labute approximate surface area is 214 Å². The minimum absolute atomic E-state index is 0.540. The van der Waals surface area contributed by atoms with E-state index in [4.69, 9.17) is 0 Å². The number of nitrogens with zero attached hydrogens (tertiary/aromatic N) is 3. The van der Waals surface area contributed by atoms with Gasteiger partial charge in [0, 0.05) is 49.8 Å². The first-order chi connectivity index (χ1) is 17.2. The zero-order valence-electron chi connectivity index (χ0n) is 22.6. The van der Waals surface area contributed by atoms with Gasteiger partial charge in [0.25, 0.3) is 0 Å². The van der Waals surface area contributed by atoms with Crippen molar-refractivity contribution in [2.45, 2.75) is 90.6 Å². The highest BCUT2D eigenvalue weighted by Gasteiger charge is 2.24. The van der Waals surface area contributed by atoms with E-state index in [9.17, 15) is 0 Å². The number of hydrogen-bond donors (Lipinski definition) is 1. The summed E-state index contributed by atoms with van der Waals surface area (Å²) in [6.45, 7) is 10.3. The van der Waals surface area contributed by atoms with Crippen molar-refractivity contribution in [3.8, 4) is 0 Å². The molecule has 1 aromatic heterocycles. The lowest BCUT2D eigenvalue weighted by Crippen LogP contribution is -2.44. The summed E-state index contributed by atoms with van der Waals surface area (Å²) in [5, 5.41) is 3.84. The average molecular weight is 477 g/mol. The normalized spacial score (nSPS) is 19.4. The Morgan fingerprint density at radius 1 is 0.943 bits per heavy atom. The van der Waals surface area contributed by atoms with Gasteiger partial charge in [0.1, 0.15) is 0 Å². The molecule has 2 heterocycles. The second-order valence-corrected chi connectivity index (χ2v) is 11.0. The van der Waals surface area contributed by atoms with Gasteiger partial charge in [-0.25, -0.2) is 0 Å². The third kappa shape index (κ3) is 7.30. The van der Waals surface area contributed by atoms with Gasteiger partial charge in [0.05, 0.1) is 0 Å². The van der Waals surface area contributed by atoms with Crippen molar-refractivity contribution in [2.24, 2.45) is 5.92 Å². The molecular formula is C31H48N4. The maximum absolute atomic E-state index is 4.64. The number of likely N-dealkylation sites (N-methyl/N-ethyl adjacent to an activating group) is 1. The number of pyridine rings is 1. The van der Waals surface area contributed by atoms with E-state index in [1.165, 1.54) is 99.9 Å². The number of hydrogen-bond acceptors (Lipinski definition) is 4. The van der Waals surface area contributed by atoms with Crippen LogP contribution in [0.4, 0.5) is 5.69 Å². The molecule has 1 N–H and O–H groups in total. The molecule has 0 saturated carbocycles. The first-order valence-corrected chi connectivity index (χ1v) is 14.4. The van der Waals surface area contributed by atoms with Crippen molar-refractivity contribution in [3.05, 3.63) is 58.9 Å². The van der Waals surface area contributed by atoms with Crippen LogP contribution in [0.15, 0.2) is 36.5 Å². The van der Waals surface area contributed by atoms with E-state index in [2.05, 4.69) is 71.3 Å². The van der Waals surface area contributed by atoms with E-state index in [0.29, 0.717) is 6.04 Å². The van der Waals surface area contributed by atoms with Crippen LogP contribution in [0.5, 0.6) is 0 Å². The molecule has 2 unspecified atom stereocenters. The number of rotatable bonds is 13. The third-order valence-electron chi connectivity index (χ3n) is 8.12. The van der Waals surface area contributed by atoms with Crippen LogP contribution in [0.1, 0.15) is 81.2 Å². The van der Waals surface area contributed by atoms with Crippen LogP contribution in [-0.4, -0.2) is 49.2 Å². The molecule has 192 valence electrons. The highest BCUT2D eigenvalue weighted by atomic mass is 15.1. The van der Waals surface area contributed by atoms with Crippen LogP contribution in [0.3, 0.4) is 0 Å². The fraction of sp³-hybridized carbons (Fsp3) is 0.645. The largest absolute Gasteiger partial charge is 0.371 e. The molecule has 0 spiro atoms. The summed E-state index contributed by atoms with van der Waals surface area (Å²) in [4.78, 5) is 9.86. The number of unbranched alkanes of at least 4 members (excludes halogenated alkanes) is 2. The van der Waals surface area contributed by atoms with Gasteiger partial charge in [-0.15, -0.1) is 0 Å². The number of aromatic nitrogens is 1. The van der Waals surface area contributed by atoms with Crippen LogP contribution >= 0.6 is 0 Å². The Kier molecular flexibility index (Phi) is 10.0. The fourth-order valence-corrected chi connectivity index (χ4v) is 6.18. The quantitative estimate of drug-likeness (QED) is 0.358. The first kappa shape index (κ1) is 26.2. The second kappa shape index (κ2) is 13.4. The molecule has 0 fully saturated rings. The third-order valence-corrected chi connectivity index (χ3v) is 8.12. The van der Waals surface area contributed by atoms with Gasteiger partial charge in [-0.3, -0.25) is 4.98 Å². The van der Waals surface area contributed by atoms with Gasteiger partial charge in [-0.1, -0.05) is 44.9 Å². The molecule has 0 bridgehead atoms. The Bertz CT molecular complexity index is 911. The standard InChI is InChI=1S/C31H48N4/c1-4-6-7-20-35(18-5-2)31-14-8-12-27-23-33-28(22-29(27)31)24-34(3)19-10-11-25-15-16-26-13-9-17-32-30(26)21-25/h8-9,12-14,17,25,28,33H,4-7,10-11,15-16,18-24H2,1-3H3. The van der Waals surface area contributed by atoms with E-state index in [1.54, 1.807) is 5.56 Å². The molecule has 0 radical (unpaired) electrons. The van der Waals surface area contributed by atoms with E-state index >= 15 is 0 Å². The molecule has 1 aliphatic carbocycles. The van der Waals surface area contributed by atoms with Crippen LogP contribution in [0.2, 0.25) is 0 Å². The van der Waals surface area contributed by atoms with Crippen molar-refractivity contribution in [1.82, 2.24) is 15.2 Å². The fourth-order valence-electron chi connectivity index (χ4n) is 6.18. The molecule has 0 amide bonds. The summed E-state index contributed by atoms with van der Waals surface area (Å²) >= 11 is 0. The number of anilines is 1. The maximum atomic E-state index is 4.64. The lowest BCUT2D eigenvalue weighted by Gasteiger charge is -2.34.